The number of carboxylic acids is 1. The molecule has 1 aromatic heterocycles. The Morgan fingerprint density at radius 1 is 1.72 bits per heavy atom. The highest BCUT2D eigenvalue weighted by Gasteiger charge is 2.34. The number of hydrogen-bond donors (Lipinski definition) is 2. The Labute approximate surface area is 102 Å². The second-order valence-corrected chi connectivity index (χ2v) is 4.02. The second-order valence-electron chi connectivity index (χ2n) is 4.02. The standard InChI is InChI=1S/C9H13N5O4/c1-12-5-7(14(17)18)8(11-12)13-3-2-10-4-6(13)9(15)16/h5-6,10H,2-4H2,1H3,(H,15,16). The number of carboxylic acid groups (broad SMARTS) is 1. The van der Waals surface area contributed by atoms with E-state index in [2.05, 4.69) is 10.4 Å². The van der Waals surface area contributed by atoms with Crippen LogP contribution in [0.3, 0.4) is 0 Å². The second kappa shape index (κ2) is 4.61. The predicted octanol–water partition coefficient (Wildman–Crippen LogP) is -0.809. The highest BCUT2D eigenvalue weighted by molar-refractivity contribution is 5.79. The van der Waals surface area contributed by atoms with Crippen molar-refractivity contribution >= 4 is 17.5 Å². The van der Waals surface area contributed by atoms with E-state index in [0.29, 0.717) is 13.1 Å². The Morgan fingerprint density at radius 3 is 3.06 bits per heavy atom. The molecule has 1 saturated heterocycles. The molecule has 98 valence electrons. The number of nitro groups is 1. The van der Waals surface area contributed by atoms with Gasteiger partial charge in [-0.05, 0) is 0 Å². The Balaban J connectivity index is 2.39. The molecule has 1 fully saturated rings. The van der Waals surface area contributed by atoms with Crippen molar-refractivity contribution < 1.29 is 14.8 Å². The van der Waals surface area contributed by atoms with Crippen LogP contribution in [-0.2, 0) is 11.8 Å². The minimum absolute atomic E-state index is 0.108. The molecule has 0 aromatic carbocycles. The van der Waals surface area contributed by atoms with Gasteiger partial charge in [-0.2, -0.15) is 0 Å². The van der Waals surface area contributed by atoms with Crippen LogP contribution in [0, 0.1) is 10.1 Å². The van der Waals surface area contributed by atoms with Crippen LogP contribution >= 0.6 is 0 Å². The largest absolute Gasteiger partial charge is 0.480 e. The minimum Gasteiger partial charge on any atom is -0.480 e. The summed E-state index contributed by atoms with van der Waals surface area (Å²) < 4.78 is 1.31. The molecule has 0 spiro atoms. The van der Waals surface area contributed by atoms with Gasteiger partial charge in [-0.25, -0.2) is 4.79 Å². The summed E-state index contributed by atoms with van der Waals surface area (Å²) in [6.07, 6.45) is 1.27. The van der Waals surface area contributed by atoms with E-state index in [1.165, 1.54) is 15.8 Å². The first-order valence-electron chi connectivity index (χ1n) is 5.39. The van der Waals surface area contributed by atoms with Gasteiger partial charge in [0.15, 0.2) is 0 Å². The Hall–Kier alpha value is -2.16. The summed E-state index contributed by atoms with van der Waals surface area (Å²) >= 11 is 0. The molecular formula is C9H13N5O4. The van der Waals surface area contributed by atoms with Crippen molar-refractivity contribution in [3.8, 4) is 0 Å². The highest BCUT2D eigenvalue weighted by atomic mass is 16.6. The van der Waals surface area contributed by atoms with Crippen LogP contribution < -0.4 is 10.2 Å². The van der Waals surface area contributed by atoms with Gasteiger partial charge in [0.25, 0.3) is 0 Å². The van der Waals surface area contributed by atoms with Crippen molar-refractivity contribution in [2.24, 2.45) is 7.05 Å². The lowest BCUT2D eigenvalue weighted by Crippen LogP contribution is -2.55. The first kappa shape index (κ1) is 12.3. The van der Waals surface area contributed by atoms with Crippen LogP contribution in [0.15, 0.2) is 6.20 Å². The average Bonchev–Trinajstić information content (AvgIpc) is 2.71. The van der Waals surface area contributed by atoms with Gasteiger partial charge in [0.05, 0.1) is 4.92 Å². The molecule has 1 unspecified atom stereocenters. The lowest BCUT2D eigenvalue weighted by atomic mass is 10.2. The van der Waals surface area contributed by atoms with Gasteiger partial charge in [-0.1, -0.05) is 0 Å². The Bertz CT molecular complexity index is 485. The SMILES string of the molecule is Cn1cc([N+](=O)[O-])c(N2CCNCC2C(=O)O)n1. The molecule has 0 bridgehead atoms. The highest BCUT2D eigenvalue weighted by Crippen LogP contribution is 2.27. The van der Waals surface area contributed by atoms with Gasteiger partial charge in [-0.15, -0.1) is 5.10 Å². The number of anilines is 1. The number of hydrogen-bond acceptors (Lipinski definition) is 6. The number of nitrogens with zero attached hydrogens (tertiary/aromatic N) is 4. The van der Waals surface area contributed by atoms with Crippen LogP contribution in [0.2, 0.25) is 0 Å². The molecule has 0 aliphatic carbocycles. The Kier molecular flexibility index (Phi) is 3.15. The van der Waals surface area contributed by atoms with E-state index in [1.54, 1.807) is 7.05 Å². The van der Waals surface area contributed by atoms with Crippen LogP contribution in [0.4, 0.5) is 11.5 Å². The third-order valence-electron chi connectivity index (χ3n) is 2.79. The number of rotatable bonds is 3. The fraction of sp³-hybridized carbons (Fsp3) is 0.556. The van der Waals surface area contributed by atoms with Gasteiger partial charge >= 0.3 is 11.7 Å². The smallest absolute Gasteiger partial charge is 0.330 e. The maximum atomic E-state index is 11.1. The van der Waals surface area contributed by atoms with Crippen molar-refractivity contribution in [1.82, 2.24) is 15.1 Å². The summed E-state index contributed by atoms with van der Waals surface area (Å²) in [6, 6.07) is -0.840. The van der Waals surface area contributed by atoms with E-state index in [9.17, 15) is 14.9 Å². The zero-order chi connectivity index (χ0) is 13.3. The van der Waals surface area contributed by atoms with Crippen molar-refractivity contribution in [1.29, 1.82) is 0 Å². The average molecular weight is 255 g/mol. The summed E-state index contributed by atoms with van der Waals surface area (Å²) in [7, 11) is 1.56. The molecule has 0 saturated carbocycles. The molecular weight excluding hydrogens is 242 g/mol. The van der Waals surface area contributed by atoms with Gasteiger partial charge in [0, 0.05) is 26.7 Å². The first-order valence-corrected chi connectivity index (χ1v) is 5.39. The Morgan fingerprint density at radius 2 is 2.44 bits per heavy atom. The van der Waals surface area contributed by atoms with Gasteiger partial charge in [0.2, 0.25) is 5.82 Å². The normalized spacial score (nSPS) is 19.8. The molecule has 9 heteroatoms. The van der Waals surface area contributed by atoms with Crippen LogP contribution in [0.1, 0.15) is 0 Å². The molecule has 1 aromatic rings. The number of nitrogens with one attached hydrogen (secondary N) is 1. The molecule has 2 heterocycles. The summed E-state index contributed by atoms with van der Waals surface area (Å²) in [4.78, 5) is 23.0. The monoisotopic (exact) mass is 255 g/mol. The number of aliphatic carboxylic acids is 1. The maximum absolute atomic E-state index is 11.1. The van der Waals surface area contributed by atoms with Crippen molar-refractivity contribution in [2.45, 2.75) is 6.04 Å². The lowest BCUT2D eigenvalue weighted by Gasteiger charge is -2.32. The molecule has 1 aliphatic heterocycles. The molecule has 9 nitrogen and oxygen atoms in total. The van der Waals surface area contributed by atoms with Gasteiger partial charge in [-0.3, -0.25) is 14.8 Å². The summed E-state index contributed by atoms with van der Waals surface area (Å²) in [5, 5.41) is 27.0. The van der Waals surface area contributed by atoms with Gasteiger partial charge in [0.1, 0.15) is 12.2 Å². The molecule has 2 rings (SSSR count). The topological polar surface area (TPSA) is 114 Å². The number of aryl methyl sites for hydroxylation is 1. The summed E-state index contributed by atoms with van der Waals surface area (Å²) in [6.45, 7) is 1.18. The van der Waals surface area contributed by atoms with E-state index < -0.39 is 16.9 Å². The number of piperazine rings is 1. The predicted molar refractivity (Wildman–Crippen MR) is 61.5 cm³/mol. The van der Waals surface area contributed by atoms with Crippen molar-refractivity contribution in [3.63, 3.8) is 0 Å². The third kappa shape index (κ3) is 2.12. The van der Waals surface area contributed by atoms with Crippen LogP contribution in [0.25, 0.3) is 0 Å². The van der Waals surface area contributed by atoms with Crippen LogP contribution in [0.5, 0.6) is 0 Å². The molecule has 0 radical (unpaired) electrons. The van der Waals surface area contributed by atoms with E-state index in [4.69, 9.17) is 5.11 Å². The molecule has 0 amide bonds. The van der Waals surface area contributed by atoms with E-state index in [0.717, 1.165) is 0 Å². The molecule has 18 heavy (non-hydrogen) atoms. The molecule has 1 aliphatic rings. The fourth-order valence-corrected chi connectivity index (χ4v) is 1.98. The molecule has 2 N–H and O–H groups in total. The first-order chi connectivity index (χ1) is 8.50. The van der Waals surface area contributed by atoms with Crippen molar-refractivity contribution in [3.05, 3.63) is 16.3 Å². The lowest BCUT2D eigenvalue weighted by molar-refractivity contribution is -0.384. The number of carbonyl (C=O) groups is 1. The van der Waals surface area contributed by atoms with E-state index >= 15 is 0 Å². The third-order valence-corrected chi connectivity index (χ3v) is 2.79. The minimum atomic E-state index is -1.03. The van der Waals surface area contributed by atoms with Crippen LogP contribution in [-0.4, -0.2) is 51.5 Å². The zero-order valence-corrected chi connectivity index (χ0v) is 9.74. The maximum Gasteiger partial charge on any atom is 0.330 e. The molecule has 1 atom stereocenters. The fourth-order valence-electron chi connectivity index (χ4n) is 1.98. The van der Waals surface area contributed by atoms with Gasteiger partial charge < -0.3 is 15.3 Å². The summed E-state index contributed by atoms with van der Waals surface area (Å²) in [5.74, 6) is -0.918. The number of aromatic nitrogens is 2. The zero-order valence-electron chi connectivity index (χ0n) is 9.74. The quantitative estimate of drug-likeness (QED) is 0.536. The van der Waals surface area contributed by atoms with E-state index in [1.807, 2.05) is 0 Å². The summed E-state index contributed by atoms with van der Waals surface area (Å²) in [5.41, 5.74) is -0.175. The van der Waals surface area contributed by atoms with Crippen molar-refractivity contribution in [2.75, 3.05) is 24.5 Å². The van der Waals surface area contributed by atoms with E-state index in [-0.39, 0.29) is 18.1 Å².